The van der Waals surface area contributed by atoms with Crippen LogP contribution in [0.15, 0.2) is 97.1 Å². The molecular formula is C37H38O6. The third kappa shape index (κ3) is 7.70. The van der Waals surface area contributed by atoms with Crippen LogP contribution in [0.25, 0.3) is 22.3 Å². The SMILES string of the molecule is CCC1(OC(=O)c2ccc(-c3ccc(OC(=O)c4ccc(-c5ccc(OCC(C)O)cc5)cc4)cc3)cc2)CCCCC1. The van der Waals surface area contributed by atoms with E-state index in [-0.39, 0.29) is 18.2 Å². The number of rotatable bonds is 10. The Morgan fingerprint density at radius 1 is 0.674 bits per heavy atom. The predicted octanol–water partition coefficient (Wildman–Crippen LogP) is 8.27. The number of carbonyl (C=O) groups is 2. The van der Waals surface area contributed by atoms with Gasteiger partial charge in [0.1, 0.15) is 23.7 Å². The lowest BCUT2D eigenvalue weighted by molar-refractivity contribution is -0.0397. The molecule has 4 aromatic rings. The highest BCUT2D eigenvalue weighted by Gasteiger charge is 2.34. The van der Waals surface area contributed by atoms with Crippen LogP contribution in [0.3, 0.4) is 0 Å². The maximum absolute atomic E-state index is 12.9. The molecule has 0 spiro atoms. The first kappa shape index (κ1) is 30.1. The predicted molar refractivity (Wildman–Crippen MR) is 167 cm³/mol. The third-order valence-electron chi connectivity index (χ3n) is 8.04. The van der Waals surface area contributed by atoms with E-state index in [0.29, 0.717) is 22.6 Å². The Hall–Kier alpha value is -4.42. The summed E-state index contributed by atoms with van der Waals surface area (Å²) in [6.45, 7) is 4.01. The van der Waals surface area contributed by atoms with Crippen molar-refractivity contribution in [2.24, 2.45) is 0 Å². The minimum absolute atomic E-state index is 0.240. The van der Waals surface area contributed by atoms with Gasteiger partial charge in [0.25, 0.3) is 0 Å². The van der Waals surface area contributed by atoms with Crippen molar-refractivity contribution in [1.82, 2.24) is 0 Å². The first-order valence-corrected chi connectivity index (χ1v) is 15.0. The zero-order valence-electron chi connectivity index (χ0n) is 24.8. The second kappa shape index (κ2) is 13.7. The van der Waals surface area contributed by atoms with Crippen LogP contribution in [-0.2, 0) is 4.74 Å². The topological polar surface area (TPSA) is 82.1 Å². The van der Waals surface area contributed by atoms with Crippen LogP contribution in [-0.4, -0.2) is 35.4 Å². The summed E-state index contributed by atoms with van der Waals surface area (Å²) in [5.41, 5.74) is 4.52. The third-order valence-corrected chi connectivity index (χ3v) is 8.04. The van der Waals surface area contributed by atoms with Gasteiger partial charge >= 0.3 is 11.9 Å². The number of hydrogen-bond donors (Lipinski definition) is 1. The van der Waals surface area contributed by atoms with Gasteiger partial charge in [-0.1, -0.05) is 61.9 Å². The van der Waals surface area contributed by atoms with Gasteiger partial charge in [0.2, 0.25) is 0 Å². The zero-order chi connectivity index (χ0) is 30.2. The van der Waals surface area contributed by atoms with Crippen LogP contribution < -0.4 is 9.47 Å². The van der Waals surface area contributed by atoms with Crippen molar-refractivity contribution in [1.29, 1.82) is 0 Å². The number of carbonyl (C=O) groups excluding carboxylic acids is 2. The molecule has 6 heteroatoms. The van der Waals surface area contributed by atoms with Crippen molar-refractivity contribution in [3.8, 4) is 33.8 Å². The van der Waals surface area contributed by atoms with E-state index in [1.807, 2.05) is 60.7 Å². The molecule has 5 rings (SSSR count). The van der Waals surface area contributed by atoms with Gasteiger partial charge in [-0.2, -0.15) is 0 Å². The molecule has 1 atom stereocenters. The van der Waals surface area contributed by atoms with Crippen molar-refractivity contribution in [2.45, 2.75) is 64.1 Å². The summed E-state index contributed by atoms with van der Waals surface area (Å²) in [5, 5.41) is 9.37. The lowest BCUT2D eigenvalue weighted by Gasteiger charge is -2.36. The van der Waals surface area contributed by atoms with E-state index in [9.17, 15) is 14.7 Å². The summed E-state index contributed by atoms with van der Waals surface area (Å²) in [4.78, 5) is 25.6. The molecule has 1 aliphatic carbocycles. The minimum Gasteiger partial charge on any atom is -0.491 e. The fourth-order valence-electron chi connectivity index (χ4n) is 5.42. The lowest BCUT2D eigenvalue weighted by Crippen LogP contribution is -2.36. The zero-order valence-corrected chi connectivity index (χ0v) is 24.8. The smallest absolute Gasteiger partial charge is 0.343 e. The Kier molecular flexibility index (Phi) is 9.58. The van der Waals surface area contributed by atoms with E-state index in [1.54, 1.807) is 43.3 Å². The molecule has 1 saturated carbocycles. The van der Waals surface area contributed by atoms with Crippen molar-refractivity contribution in [2.75, 3.05) is 6.61 Å². The van der Waals surface area contributed by atoms with E-state index in [0.717, 1.165) is 54.4 Å². The summed E-state index contributed by atoms with van der Waals surface area (Å²) in [5.74, 6) is 0.435. The summed E-state index contributed by atoms with van der Waals surface area (Å²) >= 11 is 0. The summed E-state index contributed by atoms with van der Waals surface area (Å²) in [6, 6.07) is 29.6. The molecular weight excluding hydrogens is 540 g/mol. The van der Waals surface area contributed by atoms with Gasteiger partial charge in [0, 0.05) is 0 Å². The van der Waals surface area contributed by atoms with E-state index >= 15 is 0 Å². The van der Waals surface area contributed by atoms with Gasteiger partial charge in [-0.05, 0) is 110 Å². The molecule has 1 fully saturated rings. The standard InChI is InChI=1S/C37H38O6/c1-3-37(23-5-4-6-24-37)43-36(40)32-13-9-28(10-14-32)30-17-21-34(22-18-30)42-35(39)31-11-7-27(8-12-31)29-15-19-33(20-16-29)41-25-26(2)38/h7-22,26,38H,3-6,23-25H2,1-2H3. The van der Waals surface area contributed by atoms with Crippen LogP contribution in [0.2, 0.25) is 0 Å². The molecule has 222 valence electrons. The summed E-state index contributed by atoms with van der Waals surface area (Å²) in [7, 11) is 0. The van der Waals surface area contributed by atoms with Crippen molar-refractivity contribution < 1.29 is 28.9 Å². The quantitative estimate of drug-likeness (QED) is 0.151. The van der Waals surface area contributed by atoms with Gasteiger partial charge < -0.3 is 19.3 Å². The molecule has 1 N–H and O–H groups in total. The summed E-state index contributed by atoms with van der Waals surface area (Å²) < 4.78 is 17.1. The number of ether oxygens (including phenoxy) is 3. The molecule has 1 unspecified atom stereocenters. The van der Waals surface area contributed by atoms with Gasteiger partial charge in [-0.15, -0.1) is 0 Å². The maximum Gasteiger partial charge on any atom is 0.343 e. The fourth-order valence-corrected chi connectivity index (χ4v) is 5.42. The molecule has 0 saturated heterocycles. The largest absolute Gasteiger partial charge is 0.491 e. The monoisotopic (exact) mass is 578 g/mol. The lowest BCUT2D eigenvalue weighted by atomic mass is 9.82. The number of hydrogen-bond acceptors (Lipinski definition) is 6. The molecule has 4 aromatic carbocycles. The number of aliphatic hydroxyl groups is 1. The Morgan fingerprint density at radius 2 is 1.12 bits per heavy atom. The van der Waals surface area contributed by atoms with Gasteiger partial charge in [0.05, 0.1) is 17.2 Å². The van der Waals surface area contributed by atoms with Crippen molar-refractivity contribution >= 4 is 11.9 Å². The highest BCUT2D eigenvalue weighted by molar-refractivity contribution is 5.92. The number of esters is 2. The molecule has 0 aliphatic heterocycles. The van der Waals surface area contributed by atoms with E-state index < -0.39 is 12.1 Å². The molecule has 6 nitrogen and oxygen atoms in total. The first-order chi connectivity index (χ1) is 20.8. The average Bonchev–Trinajstić information content (AvgIpc) is 3.05. The Labute approximate surface area is 253 Å². The number of aliphatic hydroxyl groups excluding tert-OH is 1. The van der Waals surface area contributed by atoms with Crippen LogP contribution in [0.1, 0.15) is 73.1 Å². The maximum atomic E-state index is 12.9. The average molecular weight is 579 g/mol. The Morgan fingerprint density at radius 3 is 1.58 bits per heavy atom. The minimum atomic E-state index is -0.527. The fraction of sp³-hybridized carbons (Fsp3) is 0.297. The molecule has 0 bridgehead atoms. The van der Waals surface area contributed by atoms with Crippen LogP contribution in [0.5, 0.6) is 11.5 Å². The highest BCUT2D eigenvalue weighted by atomic mass is 16.6. The van der Waals surface area contributed by atoms with E-state index in [2.05, 4.69) is 6.92 Å². The Bertz CT molecular complexity index is 1500. The highest BCUT2D eigenvalue weighted by Crippen LogP contribution is 2.35. The normalized spacial score (nSPS) is 14.9. The van der Waals surface area contributed by atoms with Gasteiger partial charge in [-0.25, -0.2) is 9.59 Å². The number of benzene rings is 4. The van der Waals surface area contributed by atoms with Crippen LogP contribution in [0, 0.1) is 0 Å². The van der Waals surface area contributed by atoms with Crippen LogP contribution in [0.4, 0.5) is 0 Å². The van der Waals surface area contributed by atoms with Crippen molar-refractivity contribution in [3.63, 3.8) is 0 Å². The molecule has 0 heterocycles. The Balaban J connectivity index is 1.16. The van der Waals surface area contributed by atoms with E-state index in [1.165, 1.54) is 6.42 Å². The molecule has 0 radical (unpaired) electrons. The summed E-state index contributed by atoms with van der Waals surface area (Å²) in [6.07, 6.45) is 5.61. The molecule has 0 amide bonds. The second-order valence-electron chi connectivity index (χ2n) is 11.2. The second-order valence-corrected chi connectivity index (χ2v) is 11.2. The van der Waals surface area contributed by atoms with Gasteiger partial charge in [-0.3, -0.25) is 0 Å². The molecule has 1 aliphatic rings. The molecule has 43 heavy (non-hydrogen) atoms. The van der Waals surface area contributed by atoms with Crippen LogP contribution >= 0.6 is 0 Å². The first-order valence-electron chi connectivity index (χ1n) is 15.0. The van der Waals surface area contributed by atoms with Gasteiger partial charge in [0.15, 0.2) is 0 Å². The van der Waals surface area contributed by atoms with E-state index in [4.69, 9.17) is 14.2 Å². The van der Waals surface area contributed by atoms with Crippen molar-refractivity contribution in [3.05, 3.63) is 108 Å². The molecule has 0 aromatic heterocycles.